The molecule has 0 heterocycles. The van der Waals surface area contributed by atoms with Crippen LogP contribution in [0, 0.1) is 0 Å². The molecule has 5 nitrogen and oxygen atoms in total. The molecule has 0 spiro atoms. The van der Waals surface area contributed by atoms with Gasteiger partial charge in [0.1, 0.15) is 5.76 Å². The molecular weight excluding hydrogens is 234 g/mol. The van der Waals surface area contributed by atoms with Crippen LogP contribution in [-0.2, 0) is 9.53 Å². The number of aliphatic imine (C=N–C) groups is 1. The van der Waals surface area contributed by atoms with Gasteiger partial charge in [0.2, 0.25) is 0 Å². The van der Waals surface area contributed by atoms with Crippen LogP contribution >= 0.6 is 0 Å². The van der Waals surface area contributed by atoms with Gasteiger partial charge in [-0.25, -0.2) is 0 Å². The number of carbonyl (C=O) groups is 2. The van der Waals surface area contributed by atoms with Crippen molar-refractivity contribution in [2.24, 2.45) is 4.99 Å². The van der Waals surface area contributed by atoms with Crippen LogP contribution in [0.4, 0.5) is 0 Å². The van der Waals surface area contributed by atoms with E-state index in [0.29, 0.717) is 11.1 Å². The maximum Gasteiger partial charge on any atom is 0.304 e. The lowest BCUT2D eigenvalue weighted by molar-refractivity contribution is -0.140. The summed E-state index contributed by atoms with van der Waals surface area (Å²) in [5.74, 6) is -0.830. The molecule has 0 aromatic heterocycles. The van der Waals surface area contributed by atoms with Crippen molar-refractivity contribution in [1.29, 1.82) is 0 Å². The fraction of sp³-hybridized carbons (Fsp3) is 0.154. The van der Waals surface area contributed by atoms with E-state index in [-0.39, 0.29) is 23.8 Å². The third kappa shape index (κ3) is 2.15. The zero-order valence-electron chi connectivity index (χ0n) is 9.71. The lowest BCUT2D eigenvalue weighted by Crippen LogP contribution is -2.02. The molecule has 0 fully saturated rings. The van der Waals surface area contributed by atoms with Crippen LogP contribution in [0.15, 0.2) is 34.8 Å². The number of fused-ring (bicyclic) bond motifs is 1. The summed E-state index contributed by atoms with van der Waals surface area (Å²) in [4.78, 5) is 26.2. The van der Waals surface area contributed by atoms with E-state index in [9.17, 15) is 14.7 Å². The predicted molar refractivity (Wildman–Crippen MR) is 65.4 cm³/mol. The van der Waals surface area contributed by atoms with Crippen LogP contribution in [0.25, 0.3) is 5.76 Å². The predicted octanol–water partition coefficient (Wildman–Crippen LogP) is 1.74. The molecule has 0 saturated heterocycles. The largest absolute Gasteiger partial charge is 0.506 e. The Kier molecular flexibility index (Phi) is 3.23. The fourth-order valence-corrected chi connectivity index (χ4v) is 1.66. The summed E-state index contributed by atoms with van der Waals surface area (Å²) in [5.41, 5.74) is 1.06. The second-order valence-corrected chi connectivity index (χ2v) is 3.71. The lowest BCUT2D eigenvalue weighted by atomic mass is 10.1. The molecule has 1 N–H and O–H groups in total. The molecule has 0 amide bonds. The van der Waals surface area contributed by atoms with Gasteiger partial charge in [0.15, 0.2) is 12.5 Å². The summed E-state index contributed by atoms with van der Waals surface area (Å²) in [6.45, 7) is 1.10. The normalized spacial score (nSPS) is 14.2. The van der Waals surface area contributed by atoms with Crippen molar-refractivity contribution in [2.45, 2.75) is 6.92 Å². The first-order chi connectivity index (χ1) is 8.61. The molecule has 0 bridgehead atoms. The van der Waals surface area contributed by atoms with Crippen LogP contribution in [0.1, 0.15) is 22.8 Å². The van der Waals surface area contributed by atoms with Crippen LogP contribution in [0.5, 0.6) is 0 Å². The highest BCUT2D eigenvalue weighted by Gasteiger charge is 2.27. The molecule has 18 heavy (non-hydrogen) atoms. The number of carbonyl (C=O) groups excluding carboxylic acids is 2. The molecule has 1 aliphatic carbocycles. The maximum atomic E-state index is 11.9. The van der Waals surface area contributed by atoms with Crippen molar-refractivity contribution in [2.75, 3.05) is 6.73 Å². The van der Waals surface area contributed by atoms with Gasteiger partial charge in [-0.2, -0.15) is 0 Å². The molecule has 0 unspecified atom stereocenters. The van der Waals surface area contributed by atoms with E-state index >= 15 is 0 Å². The standard InChI is InChI=1S/C13H11NO4/c1-8(15)18-7-14-6-11-12(16)9-4-2-3-5-10(9)13(11)17/h2-6,16H,7H2,1H3. The number of hydrogen-bond donors (Lipinski definition) is 1. The van der Waals surface area contributed by atoms with E-state index in [2.05, 4.69) is 9.73 Å². The average molecular weight is 245 g/mol. The molecule has 1 aromatic carbocycles. The van der Waals surface area contributed by atoms with Crippen LogP contribution in [-0.4, -0.2) is 29.8 Å². The highest BCUT2D eigenvalue weighted by Crippen LogP contribution is 2.29. The third-order valence-electron chi connectivity index (χ3n) is 2.49. The number of allylic oxidation sites excluding steroid dienone is 1. The minimum absolute atomic E-state index is 0.0952. The Morgan fingerprint density at radius 3 is 2.67 bits per heavy atom. The first kappa shape index (κ1) is 12.0. The van der Waals surface area contributed by atoms with Gasteiger partial charge in [0.05, 0.1) is 5.57 Å². The van der Waals surface area contributed by atoms with Crippen molar-refractivity contribution in [3.8, 4) is 0 Å². The van der Waals surface area contributed by atoms with E-state index in [1.54, 1.807) is 24.3 Å². The van der Waals surface area contributed by atoms with Crippen molar-refractivity contribution in [3.63, 3.8) is 0 Å². The van der Waals surface area contributed by atoms with E-state index in [0.717, 1.165) is 0 Å². The smallest absolute Gasteiger partial charge is 0.304 e. The summed E-state index contributed by atoms with van der Waals surface area (Å²) >= 11 is 0. The Morgan fingerprint density at radius 1 is 1.39 bits per heavy atom. The first-order valence-corrected chi connectivity index (χ1v) is 5.32. The highest BCUT2D eigenvalue weighted by atomic mass is 16.5. The third-order valence-corrected chi connectivity index (χ3v) is 2.49. The molecule has 1 aromatic rings. The Bertz CT molecular complexity index is 572. The van der Waals surface area contributed by atoms with Crippen molar-refractivity contribution in [1.82, 2.24) is 0 Å². The second-order valence-electron chi connectivity index (χ2n) is 3.71. The summed E-state index contributed by atoms with van der Waals surface area (Å²) in [5, 5.41) is 9.88. The number of nitrogens with zero attached hydrogens (tertiary/aromatic N) is 1. The molecule has 0 aliphatic heterocycles. The van der Waals surface area contributed by atoms with Crippen LogP contribution in [0.3, 0.4) is 0 Å². The number of Topliss-reactive ketones (excluding diaryl/α,β-unsaturated/α-hetero) is 1. The van der Waals surface area contributed by atoms with Gasteiger partial charge in [-0.15, -0.1) is 0 Å². The minimum Gasteiger partial charge on any atom is -0.506 e. The van der Waals surface area contributed by atoms with E-state index in [1.165, 1.54) is 13.1 Å². The minimum atomic E-state index is -0.452. The van der Waals surface area contributed by atoms with Gasteiger partial charge >= 0.3 is 5.97 Å². The molecule has 92 valence electrons. The molecule has 1 aliphatic rings. The maximum absolute atomic E-state index is 11.9. The topological polar surface area (TPSA) is 76.0 Å². The molecule has 5 heteroatoms. The molecule has 0 saturated carbocycles. The summed E-state index contributed by atoms with van der Waals surface area (Å²) in [6.07, 6.45) is 1.22. The summed E-state index contributed by atoms with van der Waals surface area (Å²) < 4.78 is 4.60. The molecule has 2 rings (SSSR count). The number of hydrogen-bond acceptors (Lipinski definition) is 5. The molecule has 0 atom stereocenters. The average Bonchev–Trinajstić information content (AvgIpc) is 2.59. The number of benzene rings is 1. The fourth-order valence-electron chi connectivity index (χ4n) is 1.66. The SMILES string of the molecule is CC(=O)OCN=CC1=C(O)c2ccccc2C1=O. The van der Waals surface area contributed by atoms with E-state index in [4.69, 9.17) is 0 Å². The number of aliphatic hydroxyl groups excluding tert-OH is 1. The first-order valence-electron chi connectivity index (χ1n) is 5.32. The van der Waals surface area contributed by atoms with Gasteiger partial charge in [-0.1, -0.05) is 24.3 Å². The monoisotopic (exact) mass is 245 g/mol. The van der Waals surface area contributed by atoms with Gasteiger partial charge in [0.25, 0.3) is 0 Å². The number of ketones is 1. The zero-order valence-corrected chi connectivity index (χ0v) is 9.71. The summed E-state index contributed by atoms with van der Waals surface area (Å²) in [6, 6.07) is 6.76. The molecular formula is C13H11NO4. The van der Waals surface area contributed by atoms with Crippen LogP contribution in [0.2, 0.25) is 0 Å². The number of ether oxygens (including phenoxy) is 1. The van der Waals surface area contributed by atoms with Crippen molar-refractivity contribution >= 4 is 23.7 Å². The van der Waals surface area contributed by atoms with Crippen molar-refractivity contribution < 1.29 is 19.4 Å². The number of aliphatic hydroxyl groups is 1. The second kappa shape index (κ2) is 4.83. The Hall–Kier alpha value is -2.43. The van der Waals surface area contributed by atoms with Crippen molar-refractivity contribution in [3.05, 3.63) is 41.0 Å². The Morgan fingerprint density at radius 2 is 2.06 bits per heavy atom. The van der Waals surface area contributed by atoms with E-state index < -0.39 is 5.97 Å². The highest BCUT2D eigenvalue weighted by molar-refractivity contribution is 6.30. The zero-order chi connectivity index (χ0) is 13.1. The van der Waals surface area contributed by atoms with E-state index in [1.807, 2.05) is 0 Å². The lowest BCUT2D eigenvalue weighted by Gasteiger charge is -1.95. The van der Waals surface area contributed by atoms with Gasteiger partial charge in [-0.3, -0.25) is 14.6 Å². The van der Waals surface area contributed by atoms with Crippen LogP contribution < -0.4 is 0 Å². The summed E-state index contributed by atoms with van der Waals surface area (Å²) in [7, 11) is 0. The quantitative estimate of drug-likeness (QED) is 0.650. The van der Waals surface area contributed by atoms with Gasteiger partial charge < -0.3 is 9.84 Å². The Labute approximate surface area is 103 Å². The van der Waals surface area contributed by atoms with Gasteiger partial charge in [0, 0.05) is 24.3 Å². The number of rotatable bonds is 3. The van der Waals surface area contributed by atoms with Gasteiger partial charge in [-0.05, 0) is 0 Å². The Balaban J connectivity index is 2.19. The molecule has 0 radical (unpaired) electrons. The number of esters is 1.